The summed E-state index contributed by atoms with van der Waals surface area (Å²) in [5, 5.41) is 14.8. The summed E-state index contributed by atoms with van der Waals surface area (Å²) in [5.74, 6) is 2.44. The van der Waals surface area contributed by atoms with Crippen LogP contribution >= 0.6 is 50.7 Å². The maximum atomic E-state index is 15.5. The van der Waals surface area contributed by atoms with Crippen molar-refractivity contribution in [3.63, 3.8) is 0 Å². The highest BCUT2D eigenvalue weighted by molar-refractivity contribution is 9.10. The zero-order chi connectivity index (χ0) is 94.4. The van der Waals surface area contributed by atoms with Gasteiger partial charge in [-0.3, -0.25) is 34.1 Å². The molecule has 0 spiro atoms. The van der Waals surface area contributed by atoms with Crippen molar-refractivity contribution >= 4 is 155 Å². The second-order valence-electron chi connectivity index (χ2n) is 32.8. The van der Waals surface area contributed by atoms with E-state index in [1.807, 2.05) is 164 Å². The molecule has 6 N–H and O–H groups in total. The number of rotatable bonds is 22. The third-order valence-corrected chi connectivity index (χ3v) is 26.0. The fourth-order valence-corrected chi connectivity index (χ4v) is 17.2. The van der Waals surface area contributed by atoms with E-state index >= 15 is 4.39 Å². The second kappa shape index (κ2) is 43.1. The number of carbonyl (C=O) groups excluding carboxylic acids is 4. The smallest absolute Gasteiger partial charge is 0.496 e. The van der Waals surface area contributed by atoms with Crippen molar-refractivity contribution in [2.24, 2.45) is 17.6 Å². The lowest BCUT2D eigenvalue weighted by Crippen LogP contribution is -2.41. The summed E-state index contributed by atoms with van der Waals surface area (Å²) < 4.78 is 73.6. The van der Waals surface area contributed by atoms with E-state index in [4.69, 9.17) is 64.1 Å². The van der Waals surface area contributed by atoms with Crippen LogP contribution in [0, 0.1) is 50.1 Å². The Kier molecular flexibility index (Phi) is 31.1. The van der Waals surface area contributed by atoms with Crippen molar-refractivity contribution in [1.29, 1.82) is 0 Å². The van der Waals surface area contributed by atoms with Crippen LogP contribution in [0.2, 0.25) is 15.1 Å². The highest BCUT2D eigenvalue weighted by Crippen LogP contribution is 2.46. The van der Waals surface area contributed by atoms with E-state index in [2.05, 4.69) is 82.1 Å². The Balaban J connectivity index is 0.000000143. The SMILES string of the molecule is COc1cc(-c2cccc(-c3cccc(Nc4nccc5nccnc45)c3C)c2Cl)cc(F)c1C=O.COc1cc(-c2cccc(-c3cccc(Nc4nccc5nccnc45)c3C)c2Cl)cc(F)c1CNC[C@@H]1CCC(=O)C1.COc1cc(-c2cccc(B3OC(C)(C)C(C)(C)O3)c2Cl)cc(F)c1C=O.Cc1c(Br)cccc1Nc1nccc2nccnc12.NC[C@@H]1CCC(=O)C1. The van der Waals surface area contributed by atoms with E-state index in [-0.39, 0.29) is 28.4 Å². The topological polar surface area (TPSA) is 305 Å². The molecule has 6 aromatic heterocycles. The molecule has 0 radical (unpaired) electrons. The summed E-state index contributed by atoms with van der Waals surface area (Å²) >= 11 is 24.1. The summed E-state index contributed by atoms with van der Waals surface area (Å²) in [5.41, 5.74) is 22.3. The van der Waals surface area contributed by atoms with Gasteiger partial charge in [0.25, 0.3) is 0 Å². The molecule has 2 atom stereocenters. The third kappa shape index (κ3) is 21.8. The van der Waals surface area contributed by atoms with Gasteiger partial charge in [0.2, 0.25) is 0 Å². The molecule has 1 aliphatic heterocycles. The van der Waals surface area contributed by atoms with Crippen LogP contribution in [-0.2, 0) is 25.4 Å². The molecule has 3 aliphatic rings. The number of aldehydes is 2. The Morgan fingerprint density at radius 3 is 1.23 bits per heavy atom. The molecule has 9 aromatic carbocycles. The lowest BCUT2D eigenvalue weighted by Gasteiger charge is -2.32. The average Bonchev–Trinajstić information content (AvgIpc) is 1.69. The van der Waals surface area contributed by atoms with Crippen molar-refractivity contribution in [3.8, 4) is 72.9 Å². The number of halogens is 7. The Morgan fingerprint density at radius 2 is 0.827 bits per heavy atom. The quantitative estimate of drug-likeness (QED) is 0.0311. The molecule has 678 valence electrons. The number of pyridine rings is 3. The van der Waals surface area contributed by atoms with Crippen molar-refractivity contribution in [2.45, 2.75) is 105 Å². The maximum absolute atomic E-state index is 15.5. The van der Waals surface area contributed by atoms with E-state index in [9.17, 15) is 28.0 Å². The minimum Gasteiger partial charge on any atom is -0.496 e. The molecule has 1 saturated heterocycles. The van der Waals surface area contributed by atoms with E-state index in [1.165, 1.54) is 39.5 Å². The first-order chi connectivity index (χ1) is 64.1. The highest BCUT2D eigenvalue weighted by atomic mass is 79.9. The maximum Gasteiger partial charge on any atom is 0.496 e. The number of nitrogens with one attached hydrogen (secondary N) is 4. The van der Waals surface area contributed by atoms with E-state index in [1.54, 1.807) is 86.1 Å². The number of aromatic nitrogens is 9. The van der Waals surface area contributed by atoms with Crippen LogP contribution in [-0.4, -0.2) is 122 Å². The third-order valence-electron chi connectivity index (χ3n) is 23.9. The largest absolute Gasteiger partial charge is 0.496 e. The van der Waals surface area contributed by atoms with Gasteiger partial charge in [-0.25, -0.2) is 43.1 Å². The summed E-state index contributed by atoms with van der Waals surface area (Å²) in [7, 11) is 3.67. The number of fused-ring (bicyclic) bond motifs is 3. The molecular weight excluding hydrogens is 1820 g/mol. The van der Waals surface area contributed by atoms with Gasteiger partial charge < -0.3 is 50.5 Å². The van der Waals surface area contributed by atoms with E-state index in [0.29, 0.717) is 162 Å². The number of ketones is 2. The minimum absolute atomic E-state index is 0.125. The molecule has 3 fully saturated rings. The first kappa shape index (κ1) is 96.0. The predicted octanol–water partition coefficient (Wildman–Crippen LogP) is 23.1. The summed E-state index contributed by atoms with van der Waals surface area (Å²) in [6.07, 6.45) is 20.5. The number of hydrogen-bond acceptors (Lipinski definition) is 23. The van der Waals surface area contributed by atoms with Gasteiger partial charge in [-0.05, 0) is 210 Å². The van der Waals surface area contributed by atoms with E-state index in [0.717, 1.165) is 108 Å². The molecule has 2 saturated carbocycles. The molecule has 18 rings (SSSR count). The van der Waals surface area contributed by atoms with Crippen molar-refractivity contribution < 1.29 is 55.9 Å². The zero-order valence-corrected chi connectivity index (χ0v) is 78.3. The lowest BCUT2D eigenvalue weighted by atomic mass is 9.77. The molecule has 133 heavy (non-hydrogen) atoms. The average molecular weight is 1910 g/mol. The number of nitrogens with zero attached hydrogens (tertiary/aromatic N) is 9. The minimum atomic E-state index is -0.672. The number of anilines is 6. The monoisotopic (exact) mass is 1910 g/mol. The second-order valence-corrected chi connectivity index (χ2v) is 34.8. The van der Waals surface area contributed by atoms with Crippen molar-refractivity contribution in [1.82, 2.24) is 50.2 Å². The Morgan fingerprint density at radius 1 is 0.459 bits per heavy atom. The fourth-order valence-electron chi connectivity index (χ4n) is 15.8. The van der Waals surface area contributed by atoms with Crippen LogP contribution in [0.3, 0.4) is 0 Å². The van der Waals surface area contributed by atoms with Gasteiger partial charge in [-0.1, -0.05) is 136 Å². The van der Waals surface area contributed by atoms with Crippen LogP contribution in [0.1, 0.15) is 109 Å². The first-order valence-electron chi connectivity index (χ1n) is 42.7. The normalized spacial score (nSPS) is 14.6. The fraction of sp³-hybridized carbons (Fsp3) is 0.225. The molecule has 23 nitrogen and oxygen atoms in total. The van der Waals surface area contributed by atoms with Gasteiger partial charge in [-0.2, -0.15) is 0 Å². The number of ether oxygens (including phenoxy) is 3. The molecule has 0 amide bonds. The number of methoxy groups -OCH3 is 3. The van der Waals surface area contributed by atoms with Crippen LogP contribution in [0.5, 0.6) is 17.2 Å². The summed E-state index contributed by atoms with van der Waals surface area (Å²) in [6, 6.07) is 49.1. The molecule has 7 heterocycles. The number of benzene rings is 9. The van der Waals surface area contributed by atoms with Crippen LogP contribution in [0.4, 0.5) is 47.7 Å². The van der Waals surface area contributed by atoms with Crippen LogP contribution in [0.25, 0.3) is 88.7 Å². The van der Waals surface area contributed by atoms with Gasteiger partial charge in [0, 0.05) is 153 Å². The number of carbonyl (C=O) groups is 4. The Bertz CT molecular complexity index is 6860. The lowest BCUT2D eigenvalue weighted by molar-refractivity contribution is -0.118. The Labute approximate surface area is 791 Å². The summed E-state index contributed by atoms with van der Waals surface area (Å²) in [6.45, 7) is 15.6. The summed E-state index contributed by atoms with van der Waals surface area (Å²) in [4.78, 5) is 83.9. The predicted molar refractivity (Wildman–Crippen MR) is 523 cm³/mol. The first-order valence-corrected chi connectivity index (χ1v) is 44.7. The van der Waals surface area contributed by atoms with Crippen molar-refractivity contribution in [2.75, 3.05) is 50.4 Å². The van der Waals surface area contributed by atoms with Crippen LogP contribution < -0.4 is 46.7 Å². The van der Waals surface area contributed by atoms with E-state index < -0.39 is 30.0 Å². The Hall–Kier alpha value is -13.0. The number of Topliss-reactive ketones (excluding diaryl/α,β-unsaturated/α-hetero) is 2. The van der Waals surface area contributed by atoms with Gasteiger partial charge in [0.1, 0.15) is 62.8 Å². The number of hydrogen-bond donors (Lipinski definition) is 5. The molecule has 31 heteroatoms. The molecule has 0 bridgehead atoms. The van der Waals surface area contributed by atoms with Gasteiger partial charge in [0.15, 0.2) is 30.0 Å². The number of nitrogens with two attached hydrogens (primary N) is 1. The van der Waals surface area contributed by atoms with Gasteiger partial charge in [-0.15, -0.1) is 0 Å². The molecular formula is C102H94BBrCl3F3N14O9. The van der Waals surface area contributed by atoms with Gasteiger partial charge in [0.05, 0.1) is 70.3 Å². The zero-order valence-electron chi connectivity index (χ0n) is 74.5. The highest BCUT2D eigenvalue weighted by Gasteiger charge is 2.52. The molecule has 15 aromatic rings. The molecule has 2 aliphatic carbocycles. The molecule has 0 unspecified atom stereocenters. The standard InChI is InChI=1S/C34H31ClFN5O2.C28H20ClFN4O2.C20H21BClFO4.C14H11BrN4.C6H11NO/c1-20-24(5-4-8-29(20)41-34-33-30(11-12-40-34)38-13-14-39-33)26-7-3-6-25(32(26)35)22-16-28(36)27(31(17-22)43-2)19-37-18-21-9-10-23(42)15-21;1-16-18(5-4-8-23(16)34-28-27-24(9-10-33-28)31-11-12-32-27)20-7-3-6-19(26(20)29)17-13-22(30)21(15-35)25(14-17)36-2;1-19(2)20(3,4)27-21(26-19)15-8-6-7-13(18(15)22)12-9-16(23)14(11-24)17(10-12)25-5;1-9-10(15)3-2-4-11(9)19-14-13-12(5-6-18-14)16-7-8-17-13;7-4-5-1-2-6(8)3-5/h3-8,11-14,16-17,21,37H,9-10,15,18-19H2,1-2H3,(H,40,41);3-15H,1-2H3,(H,33,34);6-11H,1-5H3;2-8H,1H3,(H,18,19);5H,1-4,7H2/t21-;;;;5-/m1...1/s1. The van der Waals surface area contributed by atoms with Crippen molar-refractivity contribution in [3.05, 3.63) is 290 Å². The van der Waals surface area contributed by atoms with Crippen LogP contribution in [0.15, 0.2) is 224 Å². The van der Waals surface area contributed by atoms with Gasteiger partial charge >= 0.3 is 7.12 Å².